The summed E-state index contributed by atoms with van der Waals surface area (Å²) in [5.74, 6) is 0.263. The number of aryl methyl sites for hydroxylation is 1. The molecule has 11 nitrogen and oxygen atoms in total. The molecule has 0 unspecified atom stereocenters. The van der Waals surface area contributed by atoms with Gasteiger partial charge in [0.15, 0.2) is 5.11 Å². The fourth-order valence-corrected chi connectivity index (χ4v) is 5.75. The molecule has 5 rings (SSSR count). The summed E-state index contributed by atoms with van der Waals surface area (Å²) in [6.07, 6.45) is 1.74. The van der Waals surface area contributed by atoms with E-state index in [1.165, 1.54) is 19.2 Å². The van der Waals surface area contributed by atoms with E-state index in [2.05, 4.69) is 21.7 Å². The van der Waals surface area contributed by atoms with Gasteiger partial charge in [0, 0.05) is 48.2 Å². The van der Waals surface area contributed by atoms with Gasteiger partial charge in [-0.15, -0.1) is 0 Å². The van der Waals surface area contributed by atoms with E-state index < -0.39 is 4.92 Å². The average Bonchev–Trinajstić information content (AvgIpc) is 3.48. The Morgan fingerprint density at radius 2 is 1.88 bits per heavy atom. The number of thiocarbonyl (C=S) groups is 1. The fraction of sp³-hybridized carbons (Fsp3) is 0.233. The third kappa shape index (κ3) is 5.41. The summed E-state index contributed by atoms with van der Waals surface area (Å²) in [5, 5.41) is 18.4. The van der Waals surface area contributed by atoms with Crippen LogP contribution < -0.4 is 20.3 Å². The van der Waals surface area contributed by atoms with Gasteiger partial charge in [-0.3, -0.25) is 19.9 Å². The molecule has 3 heterocycles. The van der Waals surface area contributed by atoms with Crippen LogP contribution in [-0.4, -0.2) is 46.3 Å². The number of nitro groups is 1. The molecule has 0 aliphatic carbocycles. The lowest BCUT2D eigenvalue weighted by Crippen LogP contribution is -2.29. The van der Waals surface area contributed by atoms with Crippen molar-refractivity contribution < 1.29 is 19.2 Å². The summed E-state index contributed by atoms with van der Waals surface area (Å²) in [4.78, 5) is 29.9. The number of nitro benzene ring substituents is 1. The lowest BCUT2D eigenvalue weighted by molar-refractivity contribution is -0.384. The molecule has 0 bridgehead atoms. The minimum atomic E-state index is -0.419. The van der Waals surface area contributed by atoms with Crippen molar-refractivity contribution >= 4 is 40.3 Å². The number of amides is 1. The number of carbonyl (C=O) groups excluding carboxylic acids is 1. The molecule has 12 heteroatoms. The number of anilines is 2. The molecule has 1 saturated heterocycles. The van der Waals surface area contributed by atoms with Gasteiger partial charge in [0.2, 0.25) is 5.91 Å². The van der Waals surface area contributed by atoms with E-state index in [0.29, 0.717) is 22.2 Å². The number of benzene rings is 2. The van der Waals surface area contributed by atoms with Gasteiger partial charge < -0.3 is 29.6 Å². The van der Waals surface area contributed by atoms with Crippen LogP contribution in [0.25, 0.3) is 5.69 Å². The molecule has 4 aromatic rings. The topological polar surface area (TPSA) is 124 Å². The zero-order chi connectivity index (χ0) is 30.0. The molecule has 2 atom stereocenters. The van der Waals surface area contributed by atoms with Crippen molar-refractivity contribution in [2.45, 2.75) is 25.9 Å². The van der Waals surface area contributed by atoms with Gasteiger partial charge in [0.1, 0.15) is 12.4 Å². The highest BCUT2D eigenvalue weighted by Crippen LogP contribution is 2.44. The predicted octanol–water partition coefficient (Wildman–Crippen LogP) is 5.17. The summed E-state index contributed by atoms with van der Waals surface area (Å²) in [6, 6.07) is 19.2. The monoisotopic (exact) mass is 586 g/mol. The molecule has 216 valence electrons. The van der Waals surface area contributed by atoms with Crippen LogP contribution in [0.4, 0.5) is 17.1 Å². The Morgan fingerprint density at radius 1 is 1.12 bits per heavy atom. The van der Waals surface area contributed by atoms with Crippen LogP contribution >= 0.6 is 12.2 Å². The minimum Gasteiger partial charge on any atom is -0.495 e. The number of pyridine rings is 1. The van der Waals surface area contributed by atoms with Crippen molar-refractivity contribution in [3.63, 3.8) is 0 Å². The molecule has 0 radical (unpaired) electrons. The lowest BCUT2D eigenvalue weighted by Gasteiger charge is -2.28. The van der Waals surface area contributed by atoms with Gasteiger partial charge in [-0.05, 0) is 80.2 Å². The maximum Gasteiger partial charge on any atom is 0.271 e. The van der Waals surface area contributed by atoms with Gasteiger partial charge in [-0.25, -0.2) is 0 Å². The van der Waals surface area contributed by atoms with Gasteiger partial charge in [0.05, 0.1) is 35.5 Å². The number of methoxy groups -OCH3 is 2. The number of rotatable bonds is 9. The molecule has 1 amide bonds. The van der Waals surface area contributed by atoms with E-state index in [0.717, 1.165) is 28.3 Å². The second kappa shape index (κ2) is 12.0. The van der Waals surface area contributed by atoms with E-state index in [1.807, 2.05) is 65.8 Å². The second-order valence-corrected chi connectivity index (χ2v) is 10.2. The third-order valence-electron chi connectivity index (χ3n) is 7.21. The van der Waals surface area contributed by atoms with Gasteiger partial charge in [-0.1, -0.05) is 6.07 Å². The number of carbonyl (C=O) groups is 1. The van der Waals surface area contributed by atoms with Crippen LogP contribution in [0.3, 0.4) is 0 Å². The number of ether oxygens (including phenoxy) is 2. The Hall–Kier alpha value is -4.81. The summed E-state index contributed by atoms with van der Waals surface area (Å²) < 4.78 is 12.5. The Morgan fingerprint density at radius 3 is 2.52 bits per heavy atom. The zero-order valence-electron chi connectivity index (χ0n) is 23.5. The van der Waals surface area contributed by atoms with Crippen molar-refractivity contribution in [1.29, 1.82) is 0 Å². The summed E-state index contributed by atoms with van der Waals surface area (Å²) in [5.41, 5.74) is 5.50. The van der Waals surface area contributed by atoms with Crippen molar-refractivity contribution in [3.05, 3.63) is 106 Å². The normalized spacial score (nSPS) is 16.3. The quantitative estimate of drug-likeness (QED) is 0.155. The summed E-state index contributed by atoms with van der Waals surface area (Å²) in [6.45, 7) is 3.89. The largest absolute Gasteiger partial charge is 0.495 e. The molecule has 2 N–H and O–H groups in total. The maximum atomic E-state index is 12.0. The Bertz CT molecular complexity index is 1640. The zero-order valence-corrected chi connectivity index (χ0v) is 24.3. The highest BCUT2D eigenvalue weighted by Gasteiger charge is 2.42. The van der Waals surface area contributed by atoms with Crippen molar-refractivity contribution in [3.8, 4) is 11.4 Å². The number of nitrogens with one attached hydrogen (secondary N) is 2. The molecule has 42 heavy (non-hydrogen) atoms. The van der Waals surface area contributed by atoms with Gasteiger partial charge in [-0.2, -0.15) is 0 Å². The van der Waals surface area contributed by atoms with Crippen LogP contribution in [0.1, 0.15) is 34.7 Å². The molecule has 0 spiro atoms. The van der Waals surface area contributed by atoms with E-state index in [4.69, 9.17) is 21.7 Å². The van der Waals surface area contributed by atoms with Crippen LogP contribution in [0, 0.1) is 24.0 Å². The Labute approximate surface area is 248 Å². The van der Waals surface area contributed by atoms with E-state index in [-0.39, 0.29) is 30.3 Å². The van der Waals surface area contributed by atoms with Gasteiger partial charge >= 0.3 is 0 Å². The molecular weight excluding hydrogens is 556 g/mol. The highest BCUT2D eigenvalue weighted by atomic mass is 32.1. The lowest BCUT2D eigenvalue weighted by atomic mass is 9.96. The first kappa shape index (κ1) is 28.7. The SMILES string of the molecule is COCC(=O)Nc1ccc(N2C(=S)N[C@@H](c3ccccn3)[C@H]2c2cc(C)n(-c3cc([N+](=O)[O-])ccc3OC)c2C)cc1. The Balaban J connectivity index is 1.62. The van der Waals surface area contributed by atoms with E-state index in [9.17, 15) is 14.9 Å². The molecule has 1 aliphatic heterocycles. The number of aromatic nitrogens is 2. The van der Waals surface area contributed by atoms with Crippen molar-refractivity contribution in [2.75, 3.05) is 31.0 Å². The number of nitrogens with zero attached hydrogens (tertiary/aromatic N) is 4. The molecular formula is C30H30N6O5S. The van der Waals surface area contributed by atoms with Crippen LogP contribution in [0.15, 0.2) is 72.9 Å². The van der Waals surface area contributed by atoms with E-state index >= 15 is 0 Å². The fourth-order valence-electron chi connectivity index (χ4n) is 5.41. The number of hydrogen-bond donors (Lipinski definition) is 2. The van der Waals surface area contributed by atoms with Gasteiger partial charge in [0.25, 0.3) is 5.69 Å². The van der Waals surface area contributed by atoms with Crippen LogP contribution in [0.5, 0.6) is 5.75 Å². The minimum absolute atomic E-state index is 0.0331. The Kier molecular flexibility index (Phi) is 8.18. The number of non-ortho nitro benzene ring substituents is 1. The number of hydrogen-bond acceptors (Lipinski definition) is 7. The summed E-state index contributed by atoms with van der Waals surface area (Å²) in [7, 11) is 3.01. The second-order valence-electron chi connectivity index (χ2n) is 9.80. The first-order valence-electron chi connectivity index (χ1n) is 13.1. The maximum absolute atomic E-state index is 12.0. The van der Waals surface area contributed by atoms with Crippen molar-refractivity contribution in [2.24, 2.45) is 0 Å². The molecule has 2 aromatic carbocycles. The molecule has 1 fully saturated rings. The van der Waals surface area contributed by atoms with E-state index in [1.54, 1.807) is 19.4 Å². The average molecular weight is 587 g/mol. The first-order chi connectivity index (χ1) is 20.2. The standard InChI is InChI=1S/C30H30N6O5S/c1-18-15-23(19(2)34(18)25-16-22(36(38)39)12-13-26(25)41-4)29-28(24-7-5-6-14-31-24)33-30(42)35(29)21-10-8-20(9-11-21)32-27(37)17-40-3/h5-16,28-29H,17H2,1-4H3,(H,32,37)(H,33,42)/t28-,29+/m0/s1. The van der Waals surface area contributed by atoms with Crippen molar-refractivity contribution in [1.82, 2.24) is 14.9 Å². The molecule has 1 aliphatic rings. The summed E-state index contributed by atoms with van der Waals surface area (Å²) >= 11 is 5.87. The predicted molar refractivity (Wildman–Crippen MR) is 163 cm³/mol. The van der Waals surface area contributed by atoms with Crippen LogP contribution in [0.2, 0.25) is 0 Å². The molecule has 0 saturated carbocycles. The van der Waals surface area contributed by atoms with Crippen LogP contribution in [-0.2, 0) is 9.53 Å². The smallest absolute Gasteiger partial charge is 0.271 e. The molecule has 2 aromatic heterocycles. The third-order valence-corrected chi connectivity index (χ3v) is 7.52. The highest BCUT2D eigenvalue weighted by molar-refractivity contribution is 7.80. The first-order valence-corrected chi connectivity index (χ1v) is 13.6.